The molecule has 0 atom stereocenters. The van der Waals surface area contributed by atoms with Gasteiger partial charge in [0.2, 0.25) is 0 Å². The molecule has 0 saturated heterocycles. The molecule has 3 nitrogen and oxygen atoms in total. The first-order valence-electron chi connectivity index (χ1n) is 5.04. The molecule has 16 heavy (non-hydrogen) atoms. The molecular formula is C11H12FN3S. The highest BCUT2D eigenvalue weighted by atomic mass is 32.1. The van der Waals surface area contributed by atoms with Gasteiger partial charge >= 0.3 is 0 Å². The molecule has 0 aliphatic carbocycles. The smallest absolute Gasteiger partial charge is 0.195 e. The fourth-order valence-electron chi connectivity index (χ4n) is 1.70. The van der Waals surface area contributed by atoms with E-state index in [1.54, 1.807) is 0 Å². The van der Waals surface area contributed by atoms with Crippen LogP contribution >= 0.6 is 12.2 Å². The van der Waals surface area contributed by atoms with E-state index in [-0.39, 0.29) is 5.82 Å². The second-order valence-corrected chi connectivity index (χ2v) is 4.00. The van der Waals surface area contributed by atoms with Crippen molar-refractivity contribution in [1.29, 1.82) is 0 Å². The normalized spacial score (nSPS) is 10.7. The zero-order chi connectivity index (χ0) is 11.7. The number of rotatable bonds is 2. The maximum Gasteiger partial charge on any atom is 0.195 e. The van der Waals surface area contributed by atoms with Gasteiger partial charge in [0.1, 0.15) is 5.82 Å². The van der Waals surface area contributed by atoms with Crippen LogP contribution in [0.2, 0.25) is 0 Å². The molecule has 1 aromatic heterocycles. The predicted octanol–water partition coefficient (Wildman–Crippen LogP) is 3.08. The van der Waals surface area contributed by atoms with Crippen LogP contribution in [0.3, 0.4) is 0 Å². The second kappa shape index (κ2) is 4.17. The third-order valence-corrected chi connectivity index (χ3v) is 2.69. The quantitative estimate of drug-likeness (QED) is 0.814. The molecule has 0 unspecified atom stereocenters. The summed E-state index contributed by atoms with van der Waals surface area (Å²) in [6, 6.07) is 4.84. The number of halogens is 1. The minimum Gasteiger partial charge on any atom is -0.300 e. The molecule has 84 valence electrons. The first kappa shape index (κ1) is 11.0. The molecule has 2 rings (SSSR count). The van der Waals surface area contributed by atoms with Gasteiger partial charge in [0.15, 0.2) is 10.6 Å². The molecule has 0 amide bonds. The lowest BCUT2D eigenvalue weighted by atomic mass is 10.1. The molecule has 0 radical (unpaired) electrons. The van der Waals surface area contributed by atoms with E-state index in [1.165, 1.54) is 12.1 Å². The number of aromatic amines is 1. The number of nitrogens with one attached hydrogen (secondary N) is 1. The summed E-state index contributed by atoms with van der Waals surface area (Å²) in [5.41, 5.74) is 1.61. The van der Waals surface area contributed by atoms with Gasteiger partial charge in [-0.1, -0.05) is 0 Å². The number of H-pyrrole nitrogens is 1. The molecule has 0 spiro atoms. The van der Waals surface area contributed by atoms with Crippen LogP contribution in [0, 0.1) is 17.5 Å². The van der Waals surface area contributed by atoms with Crippen molar-refractivity contribution < 1.29 is 4.39 Å². The zero-order valence-electron chi connectivity index (χ0n) is 9.12. The van der Waals surface area contributed by atoms with Gasteiger partial charge in [-0.3, -0.25) is 5.10 Å². The van der Waals surface area contributed by atoms with E-state index in [4.69, 9.17) is 12.2 Å². The van der Waals surface area contributed by atoms with Crippen molar-refractivity contribution in [3.8, 4) is 11.4 Å². The molecule has 0 aliphatic heterocycles. The average Bonchev–Trinajstić information content (AvgIpc) is 2.58. The van der Waals surface area contributed by atoms with Crippen LogP contribution < -0.4 is 0 Å². The number of aryl methyl sites for hydroxylation is 1. The summed E-state index contributed by atoms with van der Waals surface area (Å²) in [6.45, 7) is 4.53. The van der Waals surface area contributed by atoms with Crippen molar-refractivity contribution in [2.75, 3.05) is 0 Å². The molecule has 0 aliphatic rings. The number of hydrogen-bond donors (Lipinski definition) is 1. The van der Waals surface area contributed by atoms with Crippen molar-refractivity contribution in [3.63, 3.8) is 0 Å². The summed E-state index contributed by atoms with van der Waals surface area (Å²) in [6.07, 6.45) is 0. The Kier molecular flexibility index (Phi) is 2.87. The van der Waals surface area contributed by atoms with E-state index < -0.39 is 0 Å². The summed E-state index contributed by atoms with van der Waals surface area (Å²) in [4.78, 5) is 0. The predicted molar refractivity (Wildman–Crippen MR) is 63.2 cm³/mol. The summed E-state index contributed by atoms with van der Waals surface area (Å²) in [7, 11) is 0. The van der Waals surface area contributed by atoms with Gasteiger partial charge in [0.05, 0.1) is 0 Å². The van der Waals surface area contributed by atoms with E-state index in [1.807, 2.05) is 24.5 Å². The monoisotopic (exact) mass is 237 g/mol. The second-order valence-electron chi connectivity index (χ2n) is 3.61. The lowest BCUT2D eigenvalue weighted by Crippen LogP contribution is -1.98. The Morgan fingerprint density at radius 2 is 2.19 bits per heavy atom. The minimum absolute atomic E-state index is 0.258. The maximum absolute atomic E-state index is 13.3. The summed E-state index contributed by atoms with van der Waals surface area (Å²) in [5, 5.41) is 6.84. The molecule has 0 saturated carbocycles. The standard InChI is InChI=1S/C11H12FN3S/c1-3-15-10(13-14-11(15)16)8-4-7(2)5-9(12)6-8/h4-6H,3H2,1-2H3,(H,14,16). The molecule has 1 heterocycles. The minimum atomic E-state index is -0.258. The molecular weight excluding hydrogens is 225 g/mol. The number of nitrogens with zero attached hydrogens (tertiary/aromatic N) is 2. The van der Waals surface area contributed by atoms with Crippen molar-refractivity contribution >= 4 is 12.2 Å². The van der Waals surface area contributed by atoms with Crippen molar-refractivity contribution in [3.05, 3.63) is 34.4 Å². The summed E-state index contributed by atoms with van der Waals surface area (Å²) < 4.78 is 15.7. The topological polar surface area (TPSA) is 33.6 Å². The van der Waals surface area contributed by atoms with Gasteiger partial charge in [-0.2, -0.15) is 5.10 Å². The fourth-order valence-corrected chi connectivity index (χ4v) is 1.96. The molecule has 0 bridgehead atoms. The van der Waals surface area contributed by atoms with Gasteiger partial charge in [-0.25, -0.2) is 4.39 Å². The SMILES string of the molecule is CCn1c(-c2cc(C)cc(F)c2)n[nH]c1=S. The van der Waals surface area contributed by atoms with Crippen molar-refractivity contribution in [2.45, 2.75) is 20.4 Å². The van der Waals surface area contributed by atoms with E-state index in [9.17, 15) is 4.39 Å². The number of benzene rings is 1. The van der Waals surface area contributed by atoms with E-state index in [0.29, 0.717) is 17.1 Å². The summed E-state index contributed by atoms with van der Waals surface area (Å²) >= 11 is 5.09. The van der Waals surface area contributed by atoms with Crippen molar-refractivity contribution in [1.82, 2.24) is 14.8 Å². The molecule has 1 aromatic carbocycles. The van der Waals surface area contributed by atoms with E-state index >= 15 is 0 Å². The van der Waals surface area contributed by atoms with Crippen LogP contribution in [-0.4, -0.2) is 14.8 Å². The molecule has 1 N–H and O–H groups in total. The Labute approximate surface area is 97.9 Å². The van der Waals surface area contributed by atoms with Crippen LogP contribution in [-0.2, 0) is 6.54 Å². The van der Waals surface area contributed by atoms with Crippen molar-refractivity contribution in [2.24, 2.45) is 0 Å². The lowest BCUT2D eigenvalue weighted by Gasteiger charge is -2.04. The highest BCUT2D eigenvalue weighted by Gasteiger charge is 2.08. The Balaban J connectivity index is 2.62. The van der Waals surface area contributed by atoms with E-state index in [0.717, 1.165) is 11.1 Å². The third kappa shape index (κ3) is 1.90. The summed E-state index contributed by atoms with van der Waals surface area (Å²) in [5.74, 6) is 0.418. The Bertz CT molecular complexity index is 551. The van der Waals surface area contributed by atoms with Gasteiger partial charge in [0.25, 0.3) is 0 Å². The maximum atomic E-state index is 13.3. The van der Waals surface area contributed by atoms with Crippen LogP contribution in [0.5, 0.6) is 0 Å². The highest BCUT2D eigenvalue weighted by Crippen LogP contribution is 2.20. The first-order chi connectivity index (χ1) is 7.61. The Morgan fingerprint density at radius 1 is 1.44 bits per heavy atom. The average molecular weight is 237 g/mol. The van der Waals surface area contributed by atoms with Crippen LogP contribution in [0.4, 0.5) is 4.39 Å². The van der Waals surface area contributed by atoms with E-state index in [2.05, 4.69) is 10.2 Å². The first-order valence-corrected chi connectivity index (χ1v) is 5.45. The zero-order valence-corrected chi connectivity index (χ0v) is 9.94. The van der Waals surface area contributed by atoms with Crippen LogP contribution in [0.15, 0.2) is 18.2 Å². The van der Waals surface area contributed by atoms with Gasteiger partial charge < -0.3 is 4.57 Å². The molecule has 2 aromatic rings. The lowest BCUT2D eigenvalue weighted by molar-refractivity contribution is 0.626. The molecule has 0 fully saturated rings. The molecule has 5 heteroatoms. The largest absolute Gasteiger partial charge is 0.300 e. The Hall–Kier alpha value is -1.49. The van der Waals surface area contributed by atoms with Gasteiger partial charge in [-0.15, -0.1) is 0 Å². The van der Waals surface area contributed by atoms with Crippen LogP contribution in [0.25, 0.3) is 11.4 Å². The number of aromatic nitrogens is 3. The Morgan fingerprint density at radius 3 is 2.81 bits per heavy atom. The van der Waals surface area contributed by atoms with Crippen LogP contribution in [0.1, 0.15) is 12.5 Å². The highest BCUT2D eigenvalue weighted by molar-refractivity contribution is 7.71. The third-order valence-electron chi connectivity index (χ3n) is 2.37. The number of hydrogen-bond acceptors (Lipinski definition) is 2. The van der Waals surface area contributed by atoms with Gasteiger partial charge in [-0.05, 0) is 49.8 Å². The van der Waals surface area contributed by atoms with Gasteiger partial charge in [0, 0.05) is 12.1 Å². The fraction of sp³-hybridized carbons (Fsp3) is 0.273.